The minimum absolute atomic E-state index is 0.0387. The van der Waals surface area contributed by atoms with E-state index in [-0.39, 0.29) is 23.8 Å². The Morgan fingerprint density at radius 1 is 1.36 bits per heavy atom. The number of nitro groups is 1. The van der Waals surface area contributed by atoms with Crippen molar-refractivity contribution in [1.29, 1.82) is 0 Å². The standard InChI is InChI=1S/C16H15FN4O3S/c1-10-8-19(9-13(24-10)11-2-4-12(17)5-3-11)14-15(21(22)23)20-6-7-25-16(20)18-14/h2-7,10,13H,8-9H2,1H3. The number of ether oxygens (including phenoxy) is 1. The Balaban J connectivity index is 1.70. The third kappa shape index (κ3) is 2.85. The van der Waals surface area contributed by atoms with E-state index in [1.807, 2.05) is 11.8 Å². The quantitative estimate of drug-likeness (QED) is 0.527. The van der Waals surface area contributed by atoms with Crippen LogP contribution in [0.15, 0.2) is 35.8 Å². The fourth-order valence-corrected chi connectivity index (χ4v) is 3.83. The summed E-state index contributed by atoms with van der Waals surface area (Å²) in [6, 6.07) is 6.13. The van der Waals surface area contributed by atoms with Crippen molar-refractivity contribution in [3.8, 4) is 0 Å². The maximum absolute atomic E-state index is 13.2. The highest BCUT2D eigenvalue weighted by Crippen LogP contribution is 2.35. The molecule has 1 aliphatic heterocycles. The van der Waals surface area contributed by atoms with Gasteiger partial charge in [0, 0.05) is 11.9 Å². The second-order valence-electron chi connectivity index (χ2n) is 5.96. The number of rotatable bonds is 3. The number of anilines is 1. The van der Waals surface area contributed by atoms with Gasteiger partial charge in [-0.15, -0.1) is 0 Å². The van der Waals surface area contributed by atoms with Crippen molar-refractivity contribution in [2.75, 3.05) is 18.0 Å². The van der Waals surface area contributed by atoms with Crippen LogP contribution in [0.3, 0.4) is 0 Å². The second-order valence-corrected chi connectivity index (χ2v) is 6.84. The molecular weight excluding hydrogens is 347 g/mol. The lowest BCUT2D eigenvalue weighted by molar-refractivity contribution is -0.389. The number of morpholine rings is 1. The molecule has 0 N–H and O–H groups in total. The molecule has 1 fully saturated rings. The van der Waals surface area contributed by atoms with Gasteiger partial charge in [-0.3, -0.25) is 0 Å². The summed E-state index contributed by atoms with van der Waals surface area (Å²) in [4.78, 5) is 18.1. The highest BCUT2D eigenvalue weighted by atomic mass is 32.1. The highest BCUT2D eigenvalue weighted by molar-refractivity contribution is 7.15. The zero-order valence-corrected chi connectivity index (χ0v) is 14.1. The summed E-state index contributed by atoms with van der Waals surface area (Å²) in [5, 5.41) is 13.3. The van der Waals surface area contributed by atoms with Crippen molar-refractivity contribution in [1.82, 2.24) is 9.38 Å². The molecule has 1 aromatic carbocycles. The van der Waals surface area contributed by atoms with Crippen molar-refractivity contribution < 1.29 is 14.1 Å². The van der Waals surface area contributed by atoms with E-state index in [1.165, 1.54) is 27.9 Å². The number of aromatic nitrogens is 2. The van der Waals surface area contributed by atoms with Gasteiger partial charge < -0.3 is 19.8 Å². The second kappa shape index (κ2) is 6.08. The summed E-state index contributed by atoms with van der Waals surface area (Å²) >= 11 is 1.35. The SMILES string of the molecule is CC1CN(c2nc3sccn3c2[N+](=O)[O-])CC(c2ccc(F)cc2)O1. The number of halogens is 1. The van der Waals surface area contributed by atoms with E-state index in [1.54, 1.807) is 23.7 Å². The third-order valence-electron chi connectivity index (χ3n) is 4.19. The lowest BCUT2D eigenvalue weighted by Gasteiger charge is -2.36. The molecule has 4 rings (SSSR count). The van der Waals surface area contributed by atoms with Gasteiger partial charge in [0.15, 0.2) is 0 Å². The molecule has 2 unspecified atom stereocenters. The Bertz CT molecular complexity index is 923. The normalized spacial score (nSPS) is 21.0. The van der Waals surface area contributed by atoms with Crippen LogP contribution in [0.2, 0.25) is 0 Å². The predicted octanol–water partition coefficient (Wildman–Crippen LogP) is 3.41. The number of thiazole rings is 1. The van der Waals surface area contributed by atoms with Crippen LogP contribution >= 0.6 is 11.3 Å². The van der Waals surface area contributed by atoms with Crippen molar-refractivity contribution in [2.45, 2.75) is 19.1 Å². The van der Waals surface area contributed by atoms with Crippen molar-refractivity contribution in [3.63, 3.8) is 0 Å². The van der Waals surface area contributed by atoms with E-state index in [4.69, 9.17) is 4.74 Å². The first-order valence-corrected chi connectivity index (χ1v) is 8.66. The molecule has 0 spiro atoms. The van der Waals surface area contributed by atoms with E-state index in [0.717, 1.165) is 5.56 Å². The molecule has 2 aromatic heterocycles. The number of imidazole rings is 1. The molecule has 0 amide bonds. The smallest absolute Gasteiger partial charge is 0.367 e. The molecule has 0 saturated carbocycles. The van der Waals surface area contributed by atoms with Gasteiger partial charge in [-0.1, -0.05) is 23.5 Å². The van der Waals surface area contributed by atoms with Gasteiger partial charge in [-0.2, -0.15) is 9.38 Å². The summed E-state index contributed by atoms with van der Waals surface area (Å²) in [5.74, 6) is -0.00300. The molecule has 3 aromatic rings. The molecule has 0 bridgehead atoms. The molecule has 9 heteroatoms. The van der Waals surface area contributed by atoms with Gasteiger partial charge in [-0.05, 0) is 29.5 Å². The Hall–Kier alpha value is -2.52. The van der Waals surface area contributed by atoms with Crippen LogP contribution in [0.5, 0.6) is 0 Å². The van der Waals surface area contributed by atoms with E-state index >= 15 is 0 Å². The number of fused-ring (bicyclic) bond motifs is 1. The number of nitrogens with zero attached hydrogens (tertiary/aromatic N) is 4. The maximum Gasteiger partial charge on any atom is 0.373 e. The first-order valence-electron chi connectivity index (χ1n) is 7.78. The lowest BCUT2D eigenvalue weighted by Crippen LogP contribution is -2.43. The Morgan fingerprint density at radius 2 is 2.12 bits per heavy atom. The summed E-state index contributed by atoms with van der Waals surface area (Å²) in [6.45, 7) is 2.83. The van der Waals surface area contributed by atoms with Gasteiger partial charge >= 0.3 is 5.82 Å². The minimum Gasteiger partial charge on any atom is -0.367 e. The van der Waals surface area contributed by atoms with Crippen LogP contribution in [0.25, 0.3) is 4.96 Å². The van der Waals surface area contributed by atoms with Crippen LogP contribution < -0.4 is 4.90 Å². The molecule has 25 heavy (non-hydrogen) atoms. The molecule has 130 valence electrons. The first kappa shape index (κ1) is 16.0. The molecule has 0 aliphatic carbocycles. The van der Waals surface area contributed by atoms with Crippen molar-refractivity contribution in [3.05, 3.63) is 57.3 Å². The van der Waals surface area contributed by atoms with E-state index in [9.17, 15) is 14.5 Å². The predicted molar refractivity (Wildman–Crippen MR) is 91.6 cm³/mol. The Kier molecular flexibility index (Phi) is 3.89. The minimum atomic E-state index is -0.408. The van der Waals surface area contributed by atoms with Gasteiger partial charge in [0.1, 0.15) is 18.1 Å². The third-order valence-corrected chi connectivity index (χ3v) is 4.95. The van der Waals surface area contributed by atoms with Crippen LogP contribution in [-0.4, -0.2) is 33.5 Å². The van der Waals surface area contributed by atoms with Gasteiger partial charge in [0.2, 0.25) is 5.82 Å². The van der Waals surface area contributed by atoms with Crippen molar-refractivity contribution in [2.24, 2.45) is 0 Å². The summed E-state index contributed by atoms with van der Waals surface area (Å²) < 4.78 is 20.6. The van der Waals surface area contributed by atoms with Crippen LogP contribution in [0.1, 0.15) is 18.6 Å². The molecule has 3 heterocycles. The van der Waals surface area contributed by atoms with Crippen molar-refractivity contribution >= 4 is 27.9 Å². The van der Waals surface area contributed by atoms with Crippen LogP contribution in [0.4, 0.5) is 16.0 Å². The van der Waals surface area contributed by atoms with Crippen LogP contribution in [-0.2, 0) is 4.74 Å². The van der Waals surface area contributed by atoms with E-state index in [2.05, 4.69) is 4.98 Å². The Morgan fingerprint density at radius 3 is 2.84 bits per heavy atom. The van der Waals surface area contributed by atoms with Gasteiger partial charge in [0.05, 0.1) is 12.6 Å². The Labute approximate surface area is 146 Å². The van der Waals surface area contributed by atoms with Crippen LogP contribution in [0, 0.1) is 15.9 Å². The first-order chi connectivity index (χ1) is 12.0. The maximum atomic E-state index is 13.2. The lowest BCUT2D eigenvalue weighted by atomic mass is 10.1. The number of hydrogen-bond donors (Lipinski definition) is 0. The fourth-order valence-electron chi connectivity index (χ4n) is 3.13. The molecular formula is C16H15FN4O3S. The van der Waals surface area contributed by atoms with E-state index in [0.29, 0.717) is 23.9 Å². The zero-order chi connectivity index (χ0) is 17.6. The van der Waals surface area contributed by atoms with E-state index < -0.39 is 4.92 Å². The zero-order valence-electron chi connectivity index (χ0n) is 13.3. The molecule has 7 nitrogen and oxygen atoms in total. The fraction of sp³-hybridized carbons (Fsp3) is 0.312. The highest BCUT2D eigenvalue weighted by Gasteiger charge is 2.34. The molecule has 2 atom stereocenters. The number of hydrogen-bond acceptors (Lipinski definition) is 6. The average Bonchev–Trinajstić information content (AvgIpc) is 3.15. The summed E-state index contributed by atoms with van der Waals surface area (Å²) in [7, 11) is 0. The summed E-state index contributed by atoms with van der Waals surface area (Å²) in [6.07, 6.45) is 1.21. The monoisotopic (exact) mass is 362 g/mol. The van der Waals surface area contributed by atoms with Gasteiger partial charge in [0.25, 0.3) is 4.96 Å². The topological polar surface area (TPSA) is 72.9 Å². The largest absolute Gasteiger partial charge is 0.373 e. The molecule has 1 saturated heterocycles. The molecule has 0 radical (unpaired) electrons. The molecule has 1 aliphatic rings. The number of benzene rings is 1. The average molecular weight is 362 g/mol. The summed E-state index contributed by atoms with van der Waals surface area (Å²) in [5.41, 5.74) is 0.835. The van der Waals surface area contributed by atoms with Gasteiger partial charge in [-0.25, -0.2) is 4.39 Å².